The molecule has 17 heavy (non-hydrogen) atoms. The first-order chi connectivity index (χ1) is 8.27. The van der Waals surface area contributed by atoms with Crippen LogP contribution < -0.4 is 0 Å². The van der Waals surface area contributed by atoms with Crippen molar-refractivity contribution >= 4 is 0 Å². The molecule has 0 amide bonds. The van der Waals surface area contributed by atoms with Gasteiger partial charge in [0.05, 0.1) is 5.92 Å². The van der Waals surface area contributed by atoms with Gasteiger partial charge in [-0.3, -0.25) is 10.1 Å². The summed E-state index contributed by atoms with van der Waals surface area (Å²) in [5.74, 6) is 6.04. The highest BCUT2D eigenvalue weighted by atomic mass is 16.6. The second-order valence-corrected chi connectivity index (χ2v) is 4.38. The summed E-state index contributed by atoms with van der Waals surface area (Å²) in [5.41, 5.74) is 0.931. The van der Waals surface area contributed by atoms with Crippen LogP contribution in [0, 0.1) is 27.9 Å². The molecule has 0 aliphatic heterocycles. The van der Waals surface area contributed by atoms with Crippen molar-refractivity contribution in [2.45, 2.75) is 31.7 Å². The van der Waals surface area contributed by atoms with Gasteiger partial charge in [-0.25, -0.2) is 0 Å². The molecule has 1 aliphatic rings. The minimum Gasteiger partial charge on any atom is -0.264 e. The van der Waals surface area contributed by atoms with E-state index < -0.39 is 6.04 Å². The number of hydrogen-bond acceptors (Lipinski definition) is 2. The van der Waals surface area contributed by atoms with E-state index in [0.29, 0.717) is 6.42 Å². The third kappa shape index (κ3) is 3.07. The van der Waals surface area contributed by atoms with Gasteiger partial charge in [-0.15, -0.1) is 0 Å². The fraction of sp³-hybridized carbons (Fsp3) is 0.429. The molecule has 1 aromatic carbocycles. The van der Waals surface area contributed by atoms with Gasteiger partial charge in [0, 0.05) is 16.9 Å². The maximum atomic E-state index is 10.9. The normalized spacial score (nSPS) is 23.5. The van der Waals surface area contributed by atoms with Crippen LogP contribution in [0.3, 0.4) is 0 Å². The quantitative estimate of drug-likeness (QED) is 0.422. The van der Waals surface area contributed by atoms with Crippen LogP contribution in [-0.4, -0.2) is 11.0 Å². The zero-order valence-electron chi connectivity index (χ0n) is 9.63. The van der Waals surface area contributed by atoms with Crippen molar-refractivity contribution in [3.05, 3.63) is 46.0 Å². The van der Waals surface area contributed by atoms with Gasteiger partial charge in [0.15, 0.2) is 0 Å². The smallest absolute Gasteiger partial charge is 0.226 e. The number of nitrogens with zero attached hydrogens (tertiary/aromatic N) is 1. The van der Waals surface area contributed by atoms with Gasteiger partial charge in [0.2, 0.25) is 6.04 Å². The zero-order valence-corrected chi connectivity index (χ0v) is 9.63. The van der Waals surface area contributed by atoms with E-state index in [4.69, 9.17) is 0 Å². The van der Waals surface area contributed by atoms with Crippen molar-refractivity contribution in [1.29, 1.82) is 0 Å². The van der Waals surface area contributed by atoms with Crippen LogP contribution in [0.4, 0.5) is 0 Å². The number of hydrogen-bond donors (Lipinski definition) is 0. The van der Waals surface area contributed by atoms with Crippen LogP contribution >= 0.6 is 0 Å². The van der Waals surface area contributed by atoms with Gasteiger partial charge in [0.25, 0.3) is 0 Å². The molecule has 0 spiro atoms. The number of rotatable bonds is 1. The third-order valence-corrected chi connectivity index (χ3v) is 3.18. The molecule has 0 heterocycles. The molecule has 2 atom stereocenters. The Morgan fingerprint density at radius 1 is 1.18 bits per heavy atom. The van der Waals surface area contributed by atoms with E-state index in [-0.39, 0.29) is 10.8 Å². The lowest BCUT2D eigenvalue weighted by Crippen LogP contribution is -2.31. The molecule has 0 bridgehead atoms. The van der Waals surface area contributed by atoms with Crippen molar-refractivity contribution in [2.75, 3.05) is 0 Å². The predicted octanol–water partition coefficient (Wildman–Crippen LogP) is 2.87. The van der Waals surface area contributed by atoms with Crippen LogP contribution in [0.1, 0.15) is 31.2 Å². The Kier molecular flexibility index (Phi) is 3.77. The van der Waals surface area contributed by atoms with Gasteiger partial charge < -0.3 is 0 Å². The Bertz CT molecular complexity index is 444. The molecule has 1 aromatic rings. The molecule has 1 saturated carbocycles. The summed E-state index contributed by atoms with van der Waals surface area (Å²) in [5, 5.41) is 10.9. The minimum absolute atomic E-state index is 0.0843. The number of benzene rings is 1. The lowest BCUT2D eigenvalue weighted by atomic mass is 9.85. The van der Waals surface area contributed by atoms with E-state index in [0.717, 1.165) is 24.8 Å². The third-order valence-electron chi connectivity index (χ3n) is 3.18. The van der Waals surface area contributed by atoms with Crippen molar-refractivity contribution in [3.8, 4) is 11.8 Å². The molecule has 1 fully saturated rings. The summed E-state index contributed by atoms with van der Waals surface area (Å²) in [4.78, 5) is 10.8. The Balaban J connectivity index is 2.11. The molecule has 0 radical (unpaired) electrons. The monoisotopic (exact) mass is 229 g/mol. The van der Waals surface area contributed by atoms with E-state index >= 15 is 0 Å². The molecular formula is C14H15NO2. The van der Waals surface area contributed by atoms with Gasteiger partial charge in [0.1, 0.15) is 0 Å². The summed E-state index contributed by atoms with van der Waals surface area (Å²) in [6.45, 7) is 0. The Labute approximate surface area is 101 Å². The Hall–Kier alpha value is -1.82. The molecule has 0 N–H and O–H groups in total. The van der Waals surface area contributed by atoms with E-state index in [2.05, 4.69) is 11.8 Å². The maximum absolute atomic E-state index is 10.9. The molecule has 3 heteroatoms. The van der Waals surface area contributed by atoms with E-state index in [1.165, 1.54) is 0 Å². The molecule has 1 unspecified atom stereocenters. The van der Waals surface area contributed by atoms with E-state index in [1.54, 1.807) is 0 Å². The van der Waals surface area contributed by atoms with Crippen LogP contribution in [-0.2, 0) is 0 Å². The summed E-state index contributed by atoms with van der Waals surface area (Å²) in [6, 6.07) is 9.17. The predicted molar refractivity (Wildman–Crippen MR) is 66.1 cm³/mol. The topological polar surface area (TPSA) is 43.1 Å². The zero-order chi connectivity index (χ0) is 12.1. The van der Waals surface area contributed by atoms with Gasteiger partial charge in [-0.05, 0) is 25.0 Å². The molecule has 2 rings (SSSR count). The molecule has 0 aromatic heterocycles. The van der Waals surface area contributed by atoms with Crippen LogP contribution in [0.2, 0.25) is 0 Å². The van der Waals surface area contributed by atoms with Crippen LogP contribution in [0.5, 0.6) is 0 Å². The van der Waals surface area contributed by atoms with E-state index in [9.17, 15) is 10.1 Å². The lowest BCUT2D eigenvalue weighted by molar-refractivity contribution is -0.532. The van der Waals surface area contributed by atoms with Crippen molar-refractivity contribution in [2.24, 2.45) is 5.92 Å². The van der Waals surface area contributed by atoms with Gasteiger partial charge >= 0.3 is 0 Å². The first-order valence-corrected chi connectivity index (χ1v) is 5.97. The second-order valence-electron chi connectivity index (χ2n) is 4.38. The first kappa shape index (κ1) is 11.7. The van der Waals surface area contributed by atoms with Gasteiger partial charge in [-0.1, -0.05) is 36.5 Å². The lowest BCUT2D eigenvalue weighted by Gasteiger charge is -2.20. The average molecular weight is 229 g/mol. The highest BCUT2D eigenvalue weighted by Crippen LogP contribution is 2.25. The highest BCUT2D eigenvalue weighted by molar-refractivity contribution is 5.34. The average Bonchev–Trinajstić information content (AvgIpc) is 2.38. The maximum Gasteiger partial charge on any atom is 0.226 e. The van der Waals surface area contributed by atoms with Crippen LogP contribution in [0.15, 0.2) is 30.3 Å². The SMILES string of the molecule is O=[N+]([O-])C1CCCC[C@@H]1C#Cc1ccccc1. The van der Waals surface area contributed by atoms with Crippen molar-refractivity contribution in [1.82, 2.24) is 0 Å². The first-order valence-electron chi connectivity index (χ1n) is 5.97. The largest absolute Gasteiger partial charge is 0.264 e. The Morgan fingerprint density at radius 3 is 2.59 bits per heavy atom. The molecular weight excluding hydrogens is 214 g/mol. The molecule has 3 nitrogen and oxygen atoms in total. The van der Waals surface area contributed by atoms with Crippen molar-refractivity contribution in [3.63, 3.8) is 0 Å². The van der Waals surface area contributed by atoms with E-state index in [1.807, 2.05) is 30.3 Å². The highest BCUT2D eigenvalue weighted by Gasteiger charge is 2.32. The summed E-state index contributed by atoms with van der Waals surface area (Å²) >= 11 is 0. The molecule has 88 valence electrons. The minimum atomic E-state index is -0.472. The molecule has 1 aliphatic carbocycles. The summed E-state index contributed by atoms with van der Waals surface area (Å²) in [6.07, 6.45) is 3.53. The summed E-state index contributed by atoms with van der Waals surface area (Å²) in [7, 11) is 0. The number of nitro groups is 1. The summed E-state index contributed by atoms with van der Waals surface area (Å²) < 4.78 is 0. The van der Waals surface area contributed by atoms with Gasteiger partial charge in [-0.2, -0.15) is 0 Å². The van der Waals surface area contributed by atoms with Crippen LogP contribution in [0.25, 0.3) is 0 Å². The Morgan fingerprint density at radius 2 is 1.88 bits per heavy atom. The van der Waals surface area contributed by atoms with Crippen molar-refractivity contribution < 1.29 is 4.92 Å². The molecule has 0 saturated heterocycles. The fourth-order valence-electron chi connectivity index (χ4n) is 2.23. The fourth-order valence-corrected chi connectivity index (χ4v) is 2.23. The second kappa shape index (κ2) is 5.49. The standard InChI is InChI=1S/C14H15NO2/c16-15(17)14-9-5-4-8-13(14)11-10-12-6-2-1-3-7-12/h1-3,6-7,13-14H,4-5,8-9H2/t13-,14?/m1/s1.